The van der Waals surface area contributed by atoms with Crippen LogP contribution in [0.25, 0.3) is 0 Å². The van der Waals surface area contributed by atoms with E-state index < -0.39 is 12.2 Å². The number of nitrogens with two attached hydrogens (primary N) is 5. The maximum atomic E-state index is 11.3. The zero-order valence-corrected chi connectivity index (χ0v) is 41.3. The summed E-state index contributed by atoms with van der Waals surface area (Å²) in [6.45, 7) is 10.5. The molecule has 1 amide bonds. The largest absolute Gasteiger partial charge is 0.393 e. The summed E-state index contributed by atoms with van der Waals surface area (Å²) in [7, 11) is 0. The summed E-state index contributed by atoms with van der Waals surface area (Å²) < 4.78 is 0. The molecule has 10 heteroatoms. The van der Waals surface area contributed by atoms with E-state index in [9.17, 15) is 20.1 Å². The zero-order valence-electron chi connectivity index (χ0n) is 41.3. The van der Waals surface area contributed by atoms with Crippen LogP contribution < -0.4 is 34.0 Å². The lowest BCUT2D eigenvalue weighted by molar-refractivity contribution is -0.123. The summed E-state index contributed by atoms with van der Waals surface area (Å²) in [5.41, 5.74) is 31.1. The number of amides is 1. The van der Waals surface area contributed by atoms with E-state index in [-0.39, 0.29) is 36.8 Å². The van der Waals surface area contributed by atoms with Crippen molar-refractivity contribution in [2.75, 3.05) is 6.54 Å². The molecule has 10 nitrogen and oxygen atoms in total. The molecule has 0 rings (SSSR count). The Morgan fingerprint density at radius 1 is 0.443 bits per heavy atom. The Morgan fingerprint density at radius 3 is 1.02 bits per heavy atom. The lowest BCUT2D eigenvalue weighted by atomic mass is 9.95. The molecule has 8 unspecified atom stereocenters. The Hall–Kier alpha value is -0.850. The van der Waals surface area contributed by atoms with Crippen molar-refractivity contribution in [3.63, 3.8) is 0 Å². The highest BCUT2D eigenvalue weighted by Crippen LogP contribution is 2.17. The van der Waals surface area contributed by atoms with Crippen LogP contribution >= 0.6 is 0 Å². The summed E-state index contributed by atoms with van der Waals surface area (Å²) in [4.78, 5) is 11.3. The average Bonchev–Trinajstić information content (AvgIpc) is 3.21. The van der Waals surface area contributed by atoms with Crippen LogP contribution in [-0.4, -0.2) is 76.3 Å². The first-order valence-electron chi connectivity index (χ1n) is 26.3. The van der Waals surface area contributed by atoms with Crippen molar-refractivity contribution in [1.29, 1.82) is 0 Å². The van der Waals surface area contributed by atoms with Crippen molar-refractivity contribution >= 4 is 5.91 Å². The van der Waals surface area contributed by atoms with Gasteiger partial charge in [-0.3, -0.25) is 4.79 Å². The van der Waals surface area contributed by atoms with E-state index in [1.165, 1.54) is 193 Å². The van der Waals surface area contributed by atoms with E-state index in [0.717, 1.165) is 19.3 Å². The maximum absolute atomic E-state index is 11.3. The highest BCUT2D eigenvalue weighted by Gasteiger charge is 2.22. The van der Waals surface area contributed by atoms with Gasteiger partial charge in [-0.2, -0.15) is 0 Å². The van der Waals surface area contributed by atoms with E-state index in [1.54, 1.807) is 0 Å². The van der Waals surface area contributed by atoms with Crippen LogP contribution in [0.15, 0.2) is 0 Å². The van der Waals surface area contributed by atoms with E-state index in [0.29, 0.717) is 30.7 Å². The van der Waals surface area contributed by atoms with E-state index in [4.69, 9.17) is 28.7 Å². The predicted molar refractivity (Wildman–Crippen MR) is 264 cm³/mol. The van der Waals surface area contributed by atoms with Gasteiger partial charge >= 0.3 is 0 Å². The van der Waals surface area contributed by atoms with Gasteiger partial charge in [-0.05, 0) is 77.0 Å². The number of unbranched alkanes of at least 4 members (excludes halogenated alkanes) is 18. The minimum Gasteiger partial charge on any atom is -0.393 e. The second kappa shape index (κ2) is 45.7. The summed E-state index contributed by atoms with van der Waals surface area (Å²) >= 11 is 0. The number of carbonyl (C=O) groups excluding carboxylic acids is 1. The van der Waals surface area contributed by atoms with Gasteiger partial charge in [-0.15, -0.1) is 0 Å². The number of aliphatic hydroxyl groups is 3. The maximum Gasteiger partial charge on any atom is 0.222 e. The topological polar surface area (TPSA) is 220 Å². The van der Waals surface area contributed by atoms with Gasteiger partial charge in [0.15, 0.2) is 0 Å². The van der Waals surface area contributed by atoms with Gasteiger partial charge < -0.3 is 49.3 Å². The Morgan fingerprint density at radius 2 is 0.738 bits per heavy atom. The van der Waals surface area contributed by atoms with Gasteiger partial charge in [0, 0.05) is 43.2 Å². The van der Waals surface area contributed by atoms with Crippen LogP contribution in [0, 0.1) is 5.92 Å². The number of carbonyl (C=O) groups is 1. The Labute approximate surface area is 379 Å². The molecule has 8 atom stereocenters. The fraction of sp³-hybridized carbons (Fsp3) is 0.980. The molecule has 0 bridgehead atoms. The summed E-state index contributed by atoms with van der Waals surface area (Å²) in [5, 5.41) is 31.4. The summed E-state index contributed by atoms with van der Waals surface area (Å²) in [6, 6.07) is 1.24. The van der Waals surface area contributed by atoms with Crippen molar-refractivity contribution in [2.24, 2.45) is 34.6 Å². The minimum atomic E-state index is -0.841. The number of nitrogens with one attached hydrogen (secondary N) is 1. The van der Waals surface area contributed by atoms with Crippen molar-refractivity contribution < 1.29 is 20.1 Å². The van der Waals surface area contributed by atoms with E-state index >= 15 is 0 Å². The summed E-state index contributed by atoms with van der Waals surface area (Å²) in [6.07, 6.45) is 39.7. The number of aliphatic hydroxyl groups excluding tert-OH is 3. The molecule has 0 aliphatic rings. The summed E-state index contributed by atoms with van der Waals surface area (Å²) in [5.74, 6) is -0.0456. The molecular formula is C51H110N6O4. The molecule has 0 saturated carbocycles. The first kappa shape index (κ1) is 62.2. The molecule has 0 saturated heterocycles. The lowest BCUT2D eigenvalue weighted by Crippen LogP contribution is -2.41. The fourth-order valence-electron chi connectivity index (χ4n) is 8.15. The first-order valence-corrected chi connectivity index (χ1v) is 26.3. The molecule has 368 valence electrons. The molecular weight excluding hydrogens is 761 g/mol. The third-order valence-electron chi connectivity index (χ3n) is 12.5. The molecule has 0 spiro atoms. The van der Waals surface area contributed by atoms with Gasteiger partial charge in [-0.25, -0.2) is 0 Å². The van der Waals surface area contributed by atoms with Gasteiger partial charge in [0.2, 0.25) is 5.91 Å². The van der Waals surface area contributed by atoms with Crippen LogP contribution in [0.2, 0.25) is 0 Å². The van der Waals surface area contributed by atoms with E-state index in [1.807, 2.05) is 27.7 Å². The minimum absolute atomic E-state index is 0.0157. The van der Waals surface area contributed by atoms with Gasteiger partial charge in [-0.1, -0.05) is 175 Å². The molecule has 0 aromatic carbocycles. The standard InChI is InChI=1S/C39H84N4O.C12H26N2O3/c1-3-4-17-27-36(40)28-20-11-6-12-21-31-38(42)32-24-15-8-16-25-34-39(43)33-23-14-7-13-22-30-37(41)29-19-10-5-9-18-26-35(2)44;1-4-5-14-11(17)7-9(15)6-10(16)12(13)8(2)3/h35-39,44H,3-34,40-43H2,1-2H3;8-10,12,15-16H,4-7,13H2,1-3H3,(H,14,17). The quantitative estimate of drug-likeness (QED) is 0.0266. The first-order chi connectivity index (χ1) is 29.2. The number of hydrogen-bond donors (Lipinski definition) is 9. The normalized spacial score (nSPS) is 15.7. The van der Waals surface area contributed by atoms with Crippen molar-refractivity contribution in [1.82, 2.24) is 5.32 Å². The molecule has 14 N–H and O–H groups in total. The molecule has 0 aliphatic heterocycles. The van der Waals surface area contributed by atoms with Crippen LogP contribution in [0.1, 0.15) is 259 Å². The van der Waals surface area contributed by atoms with Crippen LogP contribution in [0.3, 0.4) is 0 Å². The molecule has 0 heterocycles. The van der Waals surface area contributed by atoms with Gasteiger partial charge in [0.05, 0.1) is 24.7 Å². The fourth-order valence-corrected chi connectivity index (χ4v) is 8.15. The number of rotatable bonds is 44. The predicted octanol–water partition coefficient (Wildman–Crippen LogP) is 10.2. The highest BCUT2D eigenvalue weighted by atomic mass is 16.3. The molecule has 0 fully saturated rings. The van der Waals surface area contributed by atoms with E-state index in [2.05, 4.69) is 12.2 Å². The highest BCUT2D eigenvalue weighted by molar-refractivity contribution is 5.76. The zero-order chi connectivity index (χ0) is 45.9. The monoisotopic (exact) mass is 871 g/mol. The van der Waals surface area contributed by atoms with Gasteiger partial charge in [0.1, 0.15) is 0 Å². The third kappa shape index (κ3) is 46.9. The Bertz CT molecular complexity index is 899. The smallest absolute Gasteiger partial charge is 0.222 e. The van der Waals surface area contributed by atoms with Crippen LogP contribution in [0.4, 0.5) is 0 Å². The average molecular weight is 871 g/mol. The van der Waals surface area contributed by atoms with Crippen molar-refractivity contribution in [3.05, 3.63) is 0 Å². The van der Waals surface area contributed by atoms with Crippen LogP contribution in [0.5, 0.6) is 0 Å². The Kier molecular flexibility index (Phi) is 46.6. The molecule has 61 heavy (non-hydrogen) atoms. The second-order valence-corrected chi connectivity index (χ2v) is 19.6. The third-order valence-corrected chi connectivity index (χ3v) is 12.5. The van der Waals surface area contributed by atoms with Crippen molar-refractivity contribution in [2.45, 2.75) is 308 Å². The SMILES string of the molecule is CCCCCC(N)CCCCCCCC(N)CCCCCCCC(N)CCCCCCCC(N)CCCCCCCC(C)O.CCCNC(=O)CC(O)CC(O)C(N)C(C)C. The molecule has 0 aromatic heterocycles. The Balaban J connectivity index is 0. The molecule has 0 aliphatic carbocycles. The van der Waals surface area contributed by atoms with Crippen LogP contribution in [-0.2, 0) is 4.79 Å². The number of hydrogen-bond acceptors (Lipinski definition) is 9. The molecule has 0 radical (unpaired) electrons. The lowest BCUT2D eigenvalue weighted by Gasteiger charge is -2.24. The van der Waals surface area contributed by atoms with Crippen molar-refractivity contribution in [3.8, 4) is 0 Å². The second-order valence-electron chi connectivity index (χ2n) is 19.6. The molecule has 0 aromatic rings. The van der Waals surface area contributed by atoms with Gasteiger partial charge in [0.25, 0.3) is 0 Å².